The third-order valence-corrected chi connectivity index (χ3v) is 2.12. The first-order chi connectivity index (χ1) is 8.58. The first kappa shape index (κ1) is 14.1. The van der Waals surface area contributed by atoms with E-state index < -0.39 is 0 Å². The molecule has 0 aliphatic rings. The lowest BCUT2D eigenvalue weighted by Gasteiger charge is -2.09. The predicted octanol–water partition coefficient (Wildman–Crippen LogP) is 0.851. The van der Waals surface area contributed by atoms with E-state index in [0.29, 0.717) is 24.8 Å². The number of nitrogens with one attached hydrogen (secondary N) is 3. The summed E-state index contributed by atoms with van der Waals surface area (Å²) in [6, 6.07) is 3.18. The maximum Gasteiger partial charge on any atom is 0.315 e. The minimum absolute atomic E-state index is 0.0510. The van der Waals surface area contributed by atoms with Gasteiger partial charge in [0.05, 0.1) is 19.4 Å². The molecule has 6 heteroatoms. The zero-order chi connectivity index (χ0) is 13.4. The van der Waals surface area contributed by atoms with Crippen molar-refractivity contribution in [3.63, 3.8) is 0 Å². The van der Waals surface area contributed by atoms with Gasteiger partial charge in [-0.15, -0.1) is 0 Å². The molecule has 0 atom stereocenters. The molecule has 1 aromatic rings. The van der Waals surface area contributed by atoms with E-state index in [2.05, 4.69) is 16.0 Å². The van der Waals surface area contributed by atoms with Gasteiger partial charge in [-0.1, -0.05) is 13.8 Å². The van der Waals surface area contributed by atoms with Crippen molar-refractivity contribution >= 4 is 11.9 Å². The number of rotatable bonds is 6. The number of hydrogen-bond donors (Lipinski definition) is 3. The highest BCUT2D eigenvalue weighted by atomic mass is 16.3. The molecule has 0 spiro atoms. The summed E-state index contributed by atoms with van der Waals surface area (Å²) < 4.78 is 5.06. The number of furan rings is 1. The second-order valence-corrected chi connectivity index (χ2v) is 4.31. The van der Waals surface area contributed by atoms with Crippen molar-refractivity contribution in [3.8, 4) is 0 Å². The minimum atomic E-state index is -0.336. The lowest BCUT2D eigenvalue weighted by molar-refractivity contribution is -0.120. The molecule has 0 aliphatic carbocycles. The molecule has 0 fully saturated rings. The van der Waals surface area contributed by atoms with Crippen LogP contribution in [0.1, 0.15) is 19.6 Å². The van der Waals surface area contributed by atoms with Gasteiger partial charge in [0.25, 0.3) is 0 Å². The highest BCUT2D eigenvalue weighted by Crippen LogP contribution is 1.97. The summed E-state index contributed by atoms with van der Waals surface area (Å²) in [6.07, 6.45) is 1.54. The van der Waals surface area contributed by atoms with E-state index in [1.807, 2.05) is 13.8 Å². The molecule has 0 saturated heterocycles. The van der Waals surface area contributed by atoms with E-state index >= 15 is 0 Å². The van der Waals surface area contributed by atoms with Crippen LogP contribution >= 0.6 is 0 Å². The van der Waals surface area contributed by atoms with E-state index in [9.17, 15) is 9.59 Å². The number of amides is 3. The molecular weight excluding hydrogens is 234 g/mol. The van der Waals surface area contributed by atoms with Gasteiger partial charge in [0.2, 0.25) is 5.91 Å². The Bertz CT molecular complexity index is 374. The maximum absolute atomic E-state index is 11.4. The van der Waals surface area contributed by atoms with Crippen LogP contribution in [0.4, 0.5) is 4.79 Å². The lowest BCUT2D eigenvalue weighted by Crippen LogP contribution is -2.42. The third kappa shape index (κ3) is 5.93. The molecule has 0 bridgehead atoms. The lowest BCUT2D eigenvalue weighted by atomic mass is 10.2. The number of carbonyl (C=O) groups excluding carboxylic acids is 2. The Hall–Kier alpha value is -1.98. The summed E-state index contributed by atoms with van der Waals surface area (Å²) in [6.45, 7) is 4.85. The Morgan fingerprint density at radius 2 is 2.06 bits per heavy atom. The molecule has 0 aliphatic heterocycles. The molecule has 18 heavy (non-hydrogen) atoms. The summed E-state index contributed by atoms with van der Waals surface area (Å²) in [7, 11) is 0. The van der Waals surface area contributed by atoms with Crippen molar-refractivity contribution in [2.45, 2.75) is 20.4 Å². The SMILES string of the molecule is CC(C)CNC(=O)NCC(=O)NCc1ccco1. The first-order valence-electron chi connectivity index (χ1n) is 5.88. The molecule has 100 valence electrons. The summed E-state index contributed by atoms with van der Waals surface area (Å²) in [5.74, 6) is 0.794. The van der Waals surface area contributed by atoms with Crippen molar-refractivity contribution in [2.24, 2.45) is 5.92 Å². The smallest absolute Gasteiger partial charge is 0.315 e. The van der Waals surface area contributed by atoms with E-state index in [1.54, 1.807) is 18.4 Å². The molecule has 1 heterocycles. The van der Waals surface area contributed by atoms with Crippen LogP contribution in [0, 0.1) is 5.92 Å². The van der Waals surface area contributed by atoms with Crippen molar-refractivity contribution in [2.75, 3.05) is 13.1 Å². The highest BCUT2D eigenvalue weighted by molar-refractivity contribution is 5.83. The van der Waals surface area contributed by atoms with Crippen molar-refractivity contribution < 1.29 is 14.0 Å². The van der Waals surface area contributed by atoms with Crippen molar-refractivity contribution in [1.82, 2.24) is 16.0 Å². The van der Waals surface area contributed by atoms with Gasteiger partial charge in [-0.05, 0) is 18.1 Å². The third-order valence-electron chi connectivity index (χ3n) is 2.12. The first-order valence-corrected chi connectivity index (χ1v) is 5.88. The molecule has 0 radical (unpaired) electrons. The number of carbonyl (C=O) groups is 2. The molecule has 3 N–H and O–H groups in total. The molecule has 0 saturated carbocycles. The average Bonchev–Trinajstić information content (AvgIpc) is 2.84. The van der Waals surface area contributed by atoms with Crippen LogP contribution in [0.5, 0.6) is 0 Å². The molecule has 1 rings (SSSR count). The Kier molecular flexibility index (Phi) is 5.76. The summed E-state index contributed by atoms with van der Waals surface area (Å²) in [4.78, 5) is 22.6. The summed E-state index contributed by atoms with van der Waals surface area (Å²) in [5, 5.41) is 7.76. The van der Waals surface area contributed by atoms with Crippen LogP contribution < -0.4 is 16.0 Å². The van der Waals surface area contributed by atoms with Gasteiger partial charge >= 0.3 is 6.03 Å². The van der Waals surface area contributed by atoms with Crippen LogP contribution in [0.2, 0.25) is 0 Å². The fourth-order valence-corrected chi connectivity index (χ4v) is 1.18. The molecule has 0 unspecified atom stereocenters. The molecule has 3 amide bonds. The van der Waals surface area contributed by atoms with Crippen LogP contribution in [0.3, 0.4) is 0 Å². The van der Waals surface area contributed by atoms with Gasteiger partial charge in [-0.3, -0.25) is 4.79 Å². The predicted molar refractivity (Wildman–Crippen MR) is 66.8 cm³/mol. The van der Waals surface area contributed by atoms with Crippen LogP contribution in [0.25, 0.3) is 0 Å². The van der Waals surface area contributed by atoms with Gasteiger partial charge in [-0.25, -0.2) is 4.79 Å². The van der Waals surface area contributed by atoms with Crippen LogP contribution in [-0.2, 0) is 11.3 Å². The Morgan fingerprint density at radius 1 is 1.28 bits per heavy atom. The quantitative estimate of drug-likeness (QED) is 0.703. The minimum Gasteiger partial charge on any atom is -0.467 e. The van der Waals surface area contributed by atoms with Crippen molar-refractivity contribution in [1.29, 1.82) is 0 Å². The Labute approximate surface area is 106 Å². The van der Waals surface area contributed by atoms with Crippen LogP contribution in [0.15, 0.2) is 22.8 Å². The molecular formula is C12H19N3O3. The monoisotopic (exact) mass is 253 g/mol. The number of urea groups is 1. The zero-order valence-electron chi connectivity index (χ0n) is 10.7. The summed E-state index contributed by atoms with van der Waals surface area (Å²) >= 11 is 0. The second kappa shape index (κ2) is 7.37. The van der Waals surface area contributed by atoms with Crippen LogP contribution in [-0.4, -0.2) is 25.0 Å². The highest BCUT2D eigenvalue weighted by Gasteiger charge is 2.05. The molecule has 6 nitrogen and oxygen atoms in total. The van der Waals surface area contributed by atoms with Gasteiger partial charge in [0.15, 0.2) is 0 Å². The fourth-order valence-electron chi connectivity index (χ4n) is 1.18. The normalized spacial score (nSPS) is 10.2. The standard InChI is InChI=1S/C12H19N3O3/c1-9(2)6-14-12(17)15-8-11(16)13-7-10-4-3-5-18-10/h3-5,9H,6-8H2,1-2H3,(H,13,16)(H2,14,15,17). The van der Waals surface area contributed by atoms with Crippen molar-refractivity contribution in [3.05, 3.63) is 24.2 Å². The van der Waals surface area contributed by atoms with E-state index in [4.69, 9.17) is 4.42 Å². The van der Waals surface area contributed by atoms with E-state index in [0.717, 1.165) is 0 Å². The molecule has 1 aromatic heterocycles. The average molecular weight is 253 g/mol. The largest absolute Gasteiger partial charge is 0.467 e. The molecule has 0 aromatic carbocycles. The topological polar surface area (TPSA) is 83.4 Å². The second-order valence-electron chi connectivity index (χ2n) is 4.31. The van der Waals surface area contributed by atoms with Gasteiger partial charge in [-0.2, -0.15) is 0 Å². The van der Waals surface area contributed by atoms with Gasteiger partial charge in [0.1, 0.15) is 5.76 Å². The van der Waals surface area contributed by atoms with Gasteiger partial charge < -0.3 is 20.4 Å². The summed E-state index contributed by atoms with van der Waals surface area (Å²) in [5.41, 5.74) is 0. The van der Waals surface area contributed by atoms with E-state index in [1.165, 1.54) is 0 Å². The maximum atomic E-state index is 11.4. The fraction of sp³-hybridized carbons (Fsp3) is 0.500. The number of hydrogen-bond acceptors (Lipinski definition) is 3. The van der Waals surface area contributed by atoms with Gasteiger partial charge in [0, 0.05) is 6.54 Å². The Balaban J connectivity index is 2.11. The zero-order valence-corrected chi connectivity index (χ0v) is 10.7. The Morgan fingerprint density at radius 3 is 2.67 bits per heavy atom. The van der Waals surface area contributed by atoms with E-state index in [-0.39, 0.29) is 18.5 Å².